The van der Waals surface area contributed by atoms with E-state index in [9.17, 15) is 4.79 Å². The predicted octanol–water partition coefficient (Wildman–Crippen LogP) is 5.65. The van der Waals surface area contributed by atoms with Crippen LogP contribution in [-0.4, -0.2) is 37.0 Å². The second kappa shape index (κ2) is 11.4. The van der Waals surface area contributed by atoms with Crippen molar-refractivity contribution in [3.05, 3.63) is 101 Å². The molecule has 1 saturated heterocycles. The predicted molar refractivity (Wildman–Crippen MR) is 134 cm³/mol. The standard InChI is InChI=1S/C28H31ClN2O2/c1-21-7-5-6-10-26(21)27(22-11-13-24(29)14-12-22)30-28(32)23-15-17-31(18-16-23)19-20-33-25-8-3-2-4-9-25/h2-14,23,27H,15-20H2,1H3,(H,30,32). The Kier molecular flexibility index (Phi) is 8.03. The van der Waals surface area contributed by atoms with Gasteiger partial charge in [-0.1, -0.05) is 66.2 Å². The molecule has 0 radical (unpaired) electrons. The Labute approximate surface area is 201 Å². The summed E-state index contributed by atoms with van der Waals surface area (Å²) >= 11 is 6.10. The molecule has 4 nitrogen and oxygen atoms in total. The molecular weight excluding hydrogens is 432 g/mol. The average Bonchev–Trinajstić information content (AvgIpc) is 2.85. The van der Waals surface area contributed by atoms with Gasteiger partial charge in [0, 0.05) is 17.5 Å². The zero-order chi connectivity index (χ0) is 23.0. The average molecular weight is 463 g/mol. The van der Waals surface area contributed by atoms with Gasteiger partial charge in [0.25, 0.3) is 0 Å². The number of likely N-dealkylation sites (tertiary alicyclic amines) is 1. The van der Waals surface area contributed by atoms with Crippen molar-refractivity contribution in [2.75, 3.05) is 26.2 Å². The lowest BCUT2D eigenvalue weighted by atomic mass is 9.92. The summed E-state index contributed by atoms with van der Waals surface area (Å²) in [5, 5.41) is 4.03. The molecule has 172 valence electrons. The van der Waals surface area contributed by atoms with Crippen LogP contribution in [0.2, 0.25) is 5.02 Å². The molecule has 3 aromatic rings. The molecule has 1 aliphatic rings. The third-order valence-corrected chi connectivity index (χ3v) is 6.62. The summed E-state index contributed by atoms with van der Waals surface area (Å²) in [6, 6.07) is 25.7. The first-order valence-electron chi connectivity index (χ1n) is 11.6. The van der Waals surface area contributed by atoms with E-state index in [0.29, 0.717) is 11.6 Å². The number of halogens is 1. The third kappa shape index (κ3) is 6.37. The summed E-state index contributed by atoms with van der Waals surface area (Å²) in [5.41, 5.74) is 3.31. The third-order valence-electron chi connectivity index (χ3n) is 6.37. The molecule has 4 rings (SSSR count). The van der Waals surface area contributed by atoms with Crippen LogP contribution in [0, 0.1) is 12.8 Å². The fraction of sp³-hybridized carbons (Fsp3) is 0.321. The number of hydrogen-bond donors (Lipinski definition) is 1. The van der Waals surface area contributed by atoms with Crippen molar-refractivity contribution >= 4 is 17.5 Å². The van der Waals surface area contributed by atoms with Gasteiger partial charge in [0.05, 0.1) is 6.04 Å². The van der Waals surface area contributed by atoms with Crippen LogP contribution < -0.4 is 10.1 Å². The number of piperidine rings is 1. The van der Waals surface area contributed by atoms with Gasteiger partial charge in [-0.25, -0.2) is 0 Å². The number of amides is 1. The maximum absolute atomic E-state index is 13.3. The minimum atomic E-state index is -0.187. The topological polar surface area (TPSA) is 41.6 Å². The molecule has 5 heteroatoms. The Morgan fingerprint density at radius 3 is 2.36 bits per heavy atom. The van der Waals surface area contributed by atoms with Crippen molar-refractivity contribution < 1.29 is 9.53 Å². The van der Waals surface area contributed by atoms with Gasteiger partial charge < -0.3 is 10.1 Å². The summed E-state index contributed by atoms with van der Waals surface area (Å²) in [5.74, 6) is 1.05. The van der Waals surface area contributed by atoms with Crippen molar-refractivity contribution in [1.82, 2.24) is 10.2 Å². The monoisotopic (exact) mass is 462 g/mol. The number of ether oxygens (including phenoxy) is 1. The lowest BCUT2D eigenvalue weighted by molar-refractivity contribution is -0.127. The Hall–Kier alpha value is -2.82. The van der Waals surface area contributed by atoms with E-state index in [2.05, 4.69) is 29.3 Å². The molecule has 0 saturated carbocycles. The van der Waals surface area contributed by atoms with E-state index in [0.717, 1.165) is 54.9 Å². The first kappa shape index (κ1) is 23.3. The van der Waals surface area contributed by atoms with E-state index < -0.39 is 0 Å². The van der Waals surface area contributed by atoms with Gasteiger partial charge in [-0.3, -0.25) is 9.69 Å². The highest BCUT2D eigenvalue weighted by atomic mass is 35.5. The van der Waals surface area contributed by atoms with Gasteiger partial charge in [-0.15, -0.1) is 0 Å². The second-order valence-corrected chi connectivity index (χ2v) is 9.06. The number of carbonyl (C=O) groups excluding carboxylic acids is 1. The number of benzene rings is 3. The van der Waals surface area contributed by atoms with Gasteiger partial charge in [0.1, 0.15) is 12.4 Å². The van der Waals surface area contributed by atoms with Gasteiger partial charge in [-0.05, 0) is 73.8 Å². The molecule has 1 atom stereocenters. The molecule has 1 aliphatic heterocycles. The molecule has 3 aromatic carbocycles. The van der Waals surface area contributed by atoms with E-state index >= 15 is 0 Å². The Morgan fingerprint density at radius 1 is 1.00 bits per heavy atom. The maximum Gasteiger partial charge on any atom is 0.223 e. The van der Waals surface area contributed by atoms with Crippen molar-refractivity contribution in [3.63, 3.8) is 0 Å². The van der Waals surface area contributed by atoms with E-state index in [1.807, 2.05) is 66.7 Å². The van der Waals surface area contributed by atoms with Crippen molar-refractivity contribution in [3.8, 4) is 5.75 Å². The fourth-order valence-electron chi connectivity index (χ4n) is 4.39. The number of hydrogen-bond acceptors (Lipinski definition) is 3. The first-order valence-corrected chi connectivity index (χ1v) is 12.0. The molecular formula is C28H31ClN2O2. The van der Waals surface area contributed by atoms with E-state index in [1.54, 1.807) is 0 Å². The summed E-state index contributed by atoms with van der Waals surface area (Å²) in [4.78, 5) is 15.6. The second-order valence-electron chi connectivity index (χ2n) is 8.63. The molecule has 0 spiro atoms. The molecule has 0 bridgehead atoms. The number of nitrogens with one attached hydrogen (secondary N) is 1. The molecule has 1 N–H and O–H groups in total. The van der Waals surface area contributed by atoms with Crippen molar-refractivity contribution in [2.24, 2.45) is 5.92 Å². The van der Waals surface area contributed by atoms with Crippen LogP contribution in [0.1, 0.15) is 35.6 Å². The summed E-state index contributed by atoms with van der Waals surface area (Å²) in [6.07, 6.45) is 1.72. The summed E-state index contributed by atoms with van der Waals surface area (Å²) < 4.78 is 5.82. The first-order chi connectivity index (χ1) is 16.1. The number of para-hydroxylation sites is 1. The highest BCUT2D eigenvalue weighted by Crippen LogP contribution is 2.27. The van der Waals surface area contributed by atoms with E-state index in [-0.39, 0.29) is 17.9 Å². The van der Waals surface area contributed by atoms with Gasteiger partial charge >= 0.3 is 0 Å². The highest BCUT2D eigenvalue weighted by molar-refractivity contribution is 6.30. The molecule has 0 aromatic heterocycles. The van der Waals surface area contributed by atoms with Crippen molar-refractivity contribution in [1.29, 1.82) is 0 Å². The SMILES string of the molecule is Cc1ccccc1C(NC(=O)C1CCN(CCOc2ccccc2)CC1)c1ccc(Cl)cc1. The zero-order valence-electron chi connectivity index (χ0n) is 19.0. The molecule has 1 heterocycles. The summed E-state index contributed by atoms with van der Waals surface area (Å²) in [6.45, 7) is 5.44. The molecule has 33 heavy (non-hydrogen) atoms. The number of nitrogens with zero attached hydrogens (tertiary/aromatic N) is 1. The quantitative estimate of drug-likeness (QED) is 0.470. The fourth-order valence-corrected chi connectivity index (χ4v) is 4.52. The van der Waals surface area contributed by atoms with Crippen LogP contribution in [0.25, 0.3) is 0 Å². The van der Waals surface area contributed by atoms with Crippen LogP contribution in [0.15, 0.2) is 78.9 Å². The lowest BCUT2D eigenvalue weighted by Gasteiger charge is -2.32. The minimum absolute atomic E-state index is 0.0233. The van der Waals surface area contributed by atoms with Gasteiger partial charge in [0.2, 0.25) is 5.91 Å². The number of rotatable bonds is 8. The van der Waals surface area contributed by atoms with Crippen LogP contribution >= 0.6 is 11.6 Å². The van der Waals surface area contributed by atoms with Gasteiger partial charge in [0.15, 0.2) is 0 Å². The largest absolute Gasteiger partial charge is 0.492 e. The van der Waals surface area contributed by atoms with Crippen LogP contribution in [0.3, 0.4) is 0 Å². The number of carbonyl (C=O) groups is 1. The zero-order valence-corrected chi connectivity index (χ0v) is 19.8. The maximum atomic E-state index is 13.3. The van der Waals surface area contributed by atoms with Crippen molar-refractivity contribution in [2.45, 2.75) is 25.8 Å². The Balaban J connectivity index is 1.34. The Bertz CT molecular complexity index is 1030. The summed E-state index contributed by atoms with van der Waals surface area (Å²) in [7, 11) is 0. The molecule has 1 unspecified atom stereocenters. The van der Waals surface area contributed by atoms with E-state index in [1.165, 1.54) is 0 Å². The molecule has 1 fully saturated rings. The smallest absolute Gasteiger partial charge is 0.223 e. The van der Waals surface area contributed by atoms with Crippen LogP contribution in [0.4, 0.5) is 0 Å². The molecule has 0 aliphatic carbocycles. The number of aryl methyl sites for hydroxylation is 1. The van der Waals surface area contributed by atoms with Gasteiger partial charge in [-0.2, -0.15) is 0 Å². The molecule has 1 amide bonds. The van der Waals surface area contributed by atoms with Crippen LogP contribution in [-0.2, 0) is 4.79 Å². The minimum Gasteiger partial charge on any atom is -0.492 e. The highest BCUT2D eigenvalue weighted by Gasteiger charge is 2.27. The van der Waals surface area contributed by atoms with E-state index in [4.69, 9.17) is 16.3 Å². The lowest BCUT2D eigenvalue weighted by Crippen LogP contribution is -2.42. The Morgan fingerprint density at radius 2 is 1.67 bits per heavy atom. The van der Waals surface area contributed by atoms with Crippen LogP contribution in [0.5, 0.6) is 5.75 Å². The normalized spacial score (nSPS) is 15.7.